The number of oxazole rings is 1. The van der Waals surface area contributed by atoms with Crippen molar-refractivity contribution in [3.05, 3.63) is 73.5 Å². The van der Waals surface area contributed by atoms with Crippen LogP contribution in [0.3, 0.4) is 0 Å². The Balaban J connectivity index is 1.67. The maximum absolute atomic E-state index is 12.8. The Hall–Kier alpha value is -2.24. The molecule has 28 heavy (non-hydrogen) atoms. The van der Waals surface area contributed by atoms with Crippen molar-refractivity contribution in [1.29, 1.82) is 0 Å². The first kappa shape index (κ1) is 19.1. The van der Waals surface area contributed by atoms with Gasteiger partial charge in [0, 0.05) is 24.0 Å². The quantitative estimate of drug-likeness (QED) is 0.484. The molecular weight excluding hydrogens is 420 g/mol. The molecule has 0 unspecified atom stereocenters. The number of sulfonamides is 1. The van der Waals surface area contributed by atoms with Gasteiger partial charge in [0.2, 0.25) is 10.0 Å². The van der Waals surface area contributed by atoms with Gasteiger partial charge in [-0.3, -0.25) is 4.57 Å². The summed E-state index contributed by atoms with van der Waals surface area (Å²) in [6, 6.07) is 9.52. The van der Waals surface area contributed by atoms with Crippen molar-refractivity contribution in [2.75, 3.05) is 6.54 Å². The standard InChI is InChI=1S/C18H16N2O5S3/c1-20-14-9-13(4-5-15(14)25-17(20)21)28(23,24)19-11-18(22,12-6-8-26-10-12)16-3-2-7-27-16/h2-10,19,22H,11H2,1H3/t18-/m0/s1. The summed E-state index contributed by atoms with van der Waals surface area (Å²) in [5, 5.41) is 16.7. The fourth-order valence-corrected chi connectivity index (χ4v) is 5.55. The van der Waals surface area contributed by atoms with Gasteiger partial charge in [0.15, 0.2) is 5.58 Å². The Bertz CT molecular complexity index is 1230. The Kier molecular flexibility index (Phi) is 4.76. The Morgan fingerprint density at radius 2 is 2.07 bits per heavy atom. The third-order valence-corrected chi connectivity index (χ3v) is 7.62. The lowest BCUT2D eigenvalue weighted by Gasteiger charge is -2.26. The van der Waals surface area contributed by atoms with E-state index in [1.807, 2.05) is 10.8 Å². The van der Waals surface area contributed by atoms with Crippen LogP contribution in [0.2, 0.25) is 0 Å². The average molecular weight is 437 g/mol. The van der Waals surface area contributed by atoms with Crippen molar-refractivity contribution in [3.8, 4) is 0 Å². The molecule has 0 aliphatic carbocycles. The van der Waals surface area contributed by atoms with Crippen molar-refractivity contribution < 1.29 is 17.9 Å². The third kappa shape index (κ3) is 3.23. The maximum Gasteiger partial charge on any atom is 0.419 e. The maximum atomic E-state index is 12.8. The minimum atomic E-state index is -3.93. The zero-order valence-electron chi connectivity index (χ0n) is 14.7. The Labute approximate surface area is 168 Å². The van der Waals surface area contributed by atoms with E-state index in [1.165, 1.54) is 52.5 Å². The molecule has 0 bridgehead atoms. The lowest BCUT2D eigenvalue weighted by Crippen LogP contribution is -2.40. The molecule has 7 nitrogen and oxygen atoms in total. The van der Waals surface area contributed by atoms with Crippen LogP contribution in [-0.4, -0.2) is 24.6 Å². The number of fused-ring (bicyclic) bond motifs is 1. The molecule has 3 aromatic heterocycles. The number of benzene rings is 1. The number of hydrogen-bond acceptors (Lipinski definition) is 7. The smallest absolute Gasteiger partial charge is 0.408 e. The molecule has 10 heteroatoms. The van der Waals surface area contributed by atoms with Gasteiger partial charge in [-0.2, -0.15) is 11.3 Å². The van der Waals surface area contributed by atoms with Crippen molar-refractivity contribution in [3.63, 3.8) is 0 Å². The van der Waals surface area contributed by atoms with E-state index in [1.54, 1.807) is 23.6 Å². The number of hydrogen-bond donors (Lipinski definition) is 2. The summed E-state index contributed by atoms with van der Waals surface area (Å²) in [7, 11) is -2.43. The van der Waals surface area contributed by atoms with E-state index in [4.69, 9.17) is 4.42 Å². The first-order valence-corrected chi connectivity index (χ1v) is 11.5. The highest BCUT2D eigenvalue weighted by Crippen LogP contribution is 2.34. The van der Waals surface area contributed by atoms with E-state index in [2.05, 4.69) is 4.72 Å². The van der Waals surface area contributed by atoms with Gasteiger partial charge >= 0.3 is 5.76 Å². The van der Waals surface area contributed by atoms with Crippen LogP contribution in [0.1, 0.15) is 10.4 Å². The van der Waals surface area contributed by atoms with Crippen LogP contribution in [0.15, 0.2) is 66.6 Å². The van der Waals surface area contributed by atoms with Crippen LogP contribution in [-0.2, 0) is 22.7 Å². The van der Waals surface area contributed by atoms with E-state index < -0.39 is 21.4 Å². The summed E-state index contributed by atoms with van der Waals surface area (Å²) in [6.07, 6.45) is 0. The number of aromatic nitrogens is 1. The van der Waals surface area contributed by atoms with E-state index in [9.17, 15) is 18.3 Å². The molecule has 0 aliphatic heterocycles. The highest BCUT2D eigenvalue weighted by atomic mass is 32.2. The molecule has 1 aromatic carbocycles. The molecule has 1 atom stereocenters. The average Bonchev–Trinajstić information content (AvgIpc) is 3.43. The number of nitrogens with one attached hydrogen (secondary N) is 1. The number of aliphatic hydroxyl groups is 1. The van der Waals surface area contributed by atoms with E-state index in [0.717, 1.165) is 0 Å². The van der Waals surface area contributed by atoms with Gasteiger partial charge in [-0.15, -0.1) is 11.3 Å². The Morgan fingerprint density at radius 3 is 2.75 bits per heavy atom. The predicted octanol–water partition coefficient (Wildman–Crippen LogP) is 2.47. The zero-order chi connectivity index (χ0) is 19.9. The zero-order valence-corrected chi connectivity index (χ0v) is 17.1. The first-order valence-electron chi connectivity index (χ1n) is 8.19. The number of rotatable bonds is 6. The summed E-state index contributed by atoms with van der Waals surface area (Å²) >= 11 is 2.77. The summed E-state index contributed by atoms with van der Waals surface area (Å²) in [5.74, 6) is -0.568. The van der Waals surface area contributed by atoms with Crippen molar-refractivity contribution in [2.24, 2.45) is 7.05 Å². The molecule has 0 spiro atoms. The second-order valence-electron chi connectivity index (χ2n) is 6.23. The summed E-state index contributed by atoms with van der Waals surface area (Å²) in [5.41, 5.74) is -0.178. The van der Waals surface area contributed by atoms with Crippen LogP contribution < -0.4 is 10.5 Å². The molecule has 4 rings (SSSR count). The highest BCUT2D eigenvalue weighted by molar-refractivity contribution is 7.89. The van der Waals surface area contributed by atoms with Crippen LogP contribution in [0.4, 0.5) is 0 Å². The minimum absolute atomic E-state index is 0.0183. The summed E-state index contributed by atoms with van der Waals surface area (Å²) in [4.78, 5) is 12.2. The molecule has 4 aromatic rings. The summed E-state index contributed by atoms with van der Waals surface area (Å²) in [6.45, 7) is -0.227. The SMILES string of the molecule is Cn1c(=O)oc2ccc(S(=O)(=O)NC[C@](O)(c3ccsc3)c3cccs3)cc21. The van der Waals surface area contributed by atoms with Crippen LogP contribution in [0, 0.1) is 0 Å². The van der Waals surface area contributed by atoms with Gasteiger partial charge in [-0.05, 0) is 46.5 Å². The van der Waals surface area contributed by atoms with Gasteiger partial charge in [0.05, 0.1) is 10.4 Å². The third-order valence-electron chi connectivity index (χ3n) is 4.52. The van der Waals surface area contributed by atoms with Crippen LogP contribution in [0.25, 0.3) is 11.1 Å². The van der Waals surface area contributed by atoms with Gasteiger partial charge in [-0.1, -0.05) is 6.07 Å². The number of thiophene rings is 2. The molecule has 0 saturated heterocycles. The van der Waals surface area contributed by atoms with Crippen molar-refractivity contribution in [2.45, 2.75) is 10.5 Å². The molecule has 2 N–H and O–H groups in total. The van der Waals surface area contributed by atoms with Gasteiger partial charge < -0.3 is 9.52 Å². The molecule has 3 heterocycles. The fourth-order valence-electron chi connectivity index (χ4n) is 2.90. The largest absolute Gasteiger partial charge is 0.419 e. The lowest BCUT2D eigenvalue weighted by atomic mass is 9.95. The second kappa shape index (κ2) is 6.98. The van der Waals surface area contributed by atoms with Crippen molar-refractivity contribution in [1.82, 2.24) is 9.29 Å². The van der Waals surface area contributed by atoms with Crippen molar-refractivity contribution >= 4 is 43.8 Å². The summed E-state index contributed by atoms with van der Waals surface area (Å²) < 4.78 is 34.5. The van der Waals surface area contributed by atoms with Gasteiger partial charge in [0.25, 0.3) is 0 Å². The van der Waals surface area contributed by atoms with Crippen LogP contribution in [0.5, 0.6) is 0 Å². The number of aryl methyl sites for hydroxylation is 1. The Morgan fingerprint density at radius 1 is 1.25 bits per heavy atom. The predicted molar refractivity (Wildman–Crippen MR) is 108 cm³/mol. The topological polar surface area (TPSA) is 102 Å². The fraction of sp³-hybridized carbons (Fsp3) is 0.167. The van der Waals surface area contributed by atoms with E-state index in [-0.39, 0.29) is 11.4 Å². The molecule has 0 fully saturated rings. The van der Waals surface area contributed by atoms with Crippen LogP contribution >= 0.6 is 22.7 Å². The second-order valence-corrected chi connectivity index (χ2v) is 9.73. The monoisotopic (exact) mass is 436 g/mol. The molecule has 146 valence electrons. The molecular formula is C18H16N2O5S3. The minimum Gasteiger partial charge on any atom is -0.408 e. The normalized spacial score (nSPS) is 14.4. The molecule has 0 amide bonds. The van der Waals surface area contributed by atoms with E-state index >= 15 is 0 Å². The lowest BCUT2D eigenvalue weighted by molar-refractivity contribution is 0.0903. The van der Waals surface area contributed by atoms with E-state index in [0.29, 0.717) is 21.5 Å². The molecule has 0 saturated carbocycles. The highest BCUT2D eigenvalue weighted by Gasteiger charge is 2.35. The molecule has 0 aliphatic rings. The first-order chi connectivity index (χ1) is 13.3. The van der Waals surface area contributed by atoms with Gasteiger partial charge in [-0.25, -0.2) is 17.9 Å². The van der Waals surface area contributed by atoms with Gasteiger partial charge in [0.1, 0.15) is 5.60 Å². The number of nitrogens with zero attached hydrogens (tertiary/aromatic N) is 1. The molecule has 0 radical (unpaired) electrons.